The summed E-state index contributed by atoms with van der Waals surface area (Å²) in [6, 6.07) is 0. The molecule has 0 heterocycles. The van der Waals surface area contributed by atoms with Gasteiger partial charge in [-0.05, 0) is 6.92 Å². The molecule has 0 N–H and O–H groups in total. The Labute approximate surface area is 47.6 Å². The van der Waals surface area contributed by atoms with Gasteiger partial charge < -0.3 is 4.74 Å². The number of ether oxygens (including phenoxy) is 1. The lowest BCUT2D eigenvalue weighted by molar-refractivity contribution is 0.146. The van der Waals surface area contributed by atoms with E-state index in [9.17, 15) is 9.59 Å². The van der Waals surface area contributed by atoms with Gasteiger partial charge in [-0.25, -0.2) is 0 Å². The number of hydrogen-bond acceptors (Lipinski definition) is 3. The molecule has 0 fully saturated rings. The van der Waals surface area contributed by atoms with Gasteiger partial charge >= 0.3 is 0 Å². The minimum atomic E-state index is -1.11. The molecule has 0 aliphatic carbocycles. The molecule has 0 rings (SSSR count). The molecule has 3 nitrogen and oxygen atoms in total. The van der Waals surface area contributed by atoms with Crippen molar-refractivity contribution in [2.75, 3.05) is 6.61 Å². The monoisotopic (exact) mass is 114 g/mol. The van der Waals surface area contributed by atoms with Crippen LogP contribution in [0.3, 0.4) is 0 Å². The van der Waals surface area contributed by atoms with E-state index in [0.29, 0.717) is 6.61 Å². The fraction of sp³-hybridized carbons (Fsp3) is 0.600. The van der Waals surface area contributed by atoms with Crippen molar-refractivity contribution in [1.29, 1.82) is 0 Å². The minimum Gasteiger partial charge on any atom is -0.362 e. The van der Waals surface area contributed by atoms with Gasteiger partial charge in [0.15, 0.2) is 6.10 Å². The predicted octanol–water partition coefficient (Wildman–Crippen LogP) is -0.389. The van der Waals surface area contributed by atoms with Crippen molar-refractivity contribution in [3.8, 4) is 0 Å². The van der Waals surface area contributed by atoms with Gasteiger partial charge in [0.05, 0.1) is 0 Å². The third-order valence-electron chi connectivity index (χ3n) is 0.547. The van der Waals surface area contributed by atoms with Gasteiger partial charge in [0.1, 0.15) is 0 Å². The molecule has 0 aliphatic heterocycles. The van der Waals surface area contributed by atoms with Crippen molar-refractivity contribution in [3.05, 3.63) is 0 Å². The average molecular weight is 114 g/mol. The van der Waals surface area contributed by atoms with E-state index >= 15 is 0 Å². The summed E-state index contributed by atoms with van der Waals surface area (Å²) < 4.78 is 4.49. The van der Waals surface area contributed by atoms with Crippen molar-refractivity contribution < 1.29 is 14.3 Å². The van der Waals surface area contributed by atoms with Crippen LogP contribution in [0, 0.1) is 0 Å². The molecule has 0 spiro atoms. The highest BCUT2D eigenvalue weighted by molar-refractivity contribution is 5.81. The van der Waals surface area contributed by atoms with E-state index < -0.39 is 6.10 Å². The van der Waals surface area contributed by atoms with Crippen LogP contribution in [0.5, 0.6) is 0 Å². The summed E-state index contributed by atoms with van der Waals surface area (Å²) in [5.74, 6) is 0. The molecule has 0 amide bonds. The van der Waals surface area contributed by atoms with Gasteiger partial charge in [-0.2, -0.15) is 0 Å². The second-order valence-electron chi connectivity index (χ2n) is 1.07. The molecule has 0 aromatic heterocycles. The number of rotatable bonds is 4. The van der Waals surface area contributed by atoms with Crippen LogP contribution in [0.25, 0.3) is 0 Å². The zero-order valence-corrected chi connectivity index (χ0v) is 4.51. The van der Waals surface area contributed by atoms with Crippen LogP contribution in [0.15, 0.2) is 0 Å². The van der Waals surface area contributed by atoms with Crippen LogP contribution in [-0.4, -0.2) is 25.3 Å². The Kier molecular flexibility index (Phi) is 4.07. The van der Waals surface area contributed by atoms with Crippen molar-refractivity contribution in [2.45, 2.75) is 13.0 Å². The lowest BCUT2D eigenvalue weighted by atomic mass is 10.4. The molecule has 0 aromatic carbocycles. The van der Waals surface area contributed by atoms with E-state index in [1.807, 2.05) is 0 Å². The molecule has 0 saturated carbocycles. The van der Waals surface area contributed by atoms with Crippen LogP contribution < -0.4 is 0 Å². The van der Waals surface area contributed by atoms with Crippen molar-refractivity contribution in [2.24, 2.45) is 0 Å². The normalized spacial score (nSPS) is 9.25. The first-order chi connectivity index (χ1) is 3.85. The lowest BCUT2D eigenvalue weighted by Crippen LogP contribution is -2.15. The summed E-state index contributed by atoms with van der Waals surface area (Å²) >= 11 is 0. The second-order valence-corrected chi connectivity index (χ2v) is 1.07. The fourth-order valence-electron chi connectivity index (χ4n) is 0.259. The van der Waals surface area contributed by atoms with E-state index in [1.165, 1.54) is 12.6 Å². The zero-order valence-electron chi connectivity index (χ0n) is 4.51. The zero-order chi connectivity index (χ0) is 6.41. The van der Waals surface area contributed by atoms with Crippen LogP contribution in [-0.2, 0) is 14.3 Å². The topological polar surface area (TPSA) is 43.4 Å². The Bertz CT molecular complexity index is 71.7. The standard InChI is InChI=1S/C5H6O3/c1-2-8-5(3-6)4-7/h5H,2H2,1H3. The molecule has 8 heavy (non-hydrogen) atoms. The summed E-state index contributed by atoms with van der Waals surface area (Å²) in [6.45, 7) is 2.01. The van der Waals surface area contributed by atoms with Gasteiger partial charge in [0.25, 0.3) is 0 Å². The van der Waals surface area contributed by atoms with Crippen molar-refractivity contribution >= 4 is 12.6 Å². The van der Waals surface area contributed by atoms with Crippen LogP contribution in [0.1, 0.15) is 6.92 Å². The first kappa shape index (κ1) is 7.30. The average Bonchev–Trinajstić information content (AvgIpc) is 1.83. The van der Waals surface area contributed by atoms with E-state index in [0.717, 1.165) is 0 Å². The molecule has 44 valence electrons. The first-order valence-electron chi connectivity index (χ1n) is 2.22. The molecule has 0 saturated heterocycles. The minimum absolute atomic E-state index is 0.329. The van der Waals surface area contributed by atoms with Gasteiger partial charge in [0.2, 0.25) is 12.6 Å². The van der Waals surface area contributed by atoms with Gasteiger partial charge in [-0.3, -0.25) is 9.59 Å². The molecule has 0 bridgehead atoms. The third-order valence-corrected chi connectivity index (χ3v) is 0.547. The SMILES string of the molecule is CCOC([C]=O)[C]=O. The fourth-order valence-corrected chi connectivity index (χ4v) is 0.259. The summed E-state index contributed by atoms with van der Waals surface area (Å²) in [4.78, 5) is 19.2. The first-order valence-corrected chi connectivity index (χ1v) is 2.22. The highest BCUT2D eigenvalue weighted by Crippen LogP contribution is 1.79. The Hall–Kier alpha value is -0.700. The second kappa shape index (κ2) is 4.46. The highest BCUT2D eigenvalue weighted by Gasteiger charge is 2.04. The maximum absolute atomic E-state index is 9.61. The summed E-state index contributed by atoms with van der Waals surface area (Å²) in [5, 5.41) is 0. The van der Waals surface area contributed by atoms with E-state index in [4.69, 9.17) is 0 Å². The number of carbonyl (C=O) groups excluding carboxylic acids is 2. The Morgan fingerprint density at radius 1 is 1.50 bits per heavy atom. The molecule has 3 heteroatoms. The van der Waals surface area contributed by atoms with Gasteiger partial charge in [0, 0.05) is 6.61 Å². The largest absolute Gasteiger partial charge is 0.362 e. The quantitative estimate of drug-likeness (QED) is 0.467. The van der Waals surface area contributed by atoms with E-state index in [1.54, 1.807) is 6.92 Å². The molecule has 0 atom stereocenters. The molecular weight excluding hydrogens is 108 g/mol. The predicted molar refractivity (Wildman–Crippen MR) is 26.8 cm³/mol. The highest BCUT2D eigenvalue weighted by atomic mass is 16.5. The van der Waals surface area contributed by atoms with Crippen LogP contribution in [0.4, 0.5) is 0 Å². The Morgan fingerprint density at radius 3 is 2.12 bits per heavy atom. The molecule has 0 unspecified atom stereocenters. The lowest BCUT2D eigenvalue weighted by Gasteiger charge is -1.95. The molecule has 0 aliphatic rings. The van der Waals surface area contributed by atoms with Crippen molar-refractivity contribution in [1.82, 2.24) is 0 Å². The maximum atomic E-state index is 9.61. The van der Waals surface area contributed by atoms with Crippen LogP contribution in [0.2, 0.25) is 0 Å². The van der Waals surface area contributed by atoms with E-state index in [2.05, 4.69) is 4.74 Å². The Balaban J connectivity index is 3.35. The summed E-state index contributed by atoms with van der Waals surface area (Å²) in [7, 11) is 0. The molecular formula is C5H6O3. The van der Waals surface area contributed by atoms with E-state index in [-0.39, 0.29) is 0 Å². The van der Waals surface area contributed by atoms with Crippen molar-refractivity contribution in [3.63, 3.8) is 0 Å². The van der Waals surface area contributed by atoms with Gasteiger partial charge in [-0.1, -0.05) is 0 Å². The number of hydrogen-bond donors (Lipinski definition) is 0. The van der Waals surface area contributed by atoms with Gasteiger partial charge in [-0.15, -0.1) is 0 Å². The Morgan fingerprint density at radius 2 is 2.00 bits per heavy atom. The molecule has 0 aromatic rings. The summed E-state index contributed by atoms with van der Waals surface area (Å²) in [5.41, 5.74) is 0. The smallest absolute Gasteiger partial charge is 0.238 e. The maximum Gasteiger partial charge on any atom is 0.238 e. The van der Waals surface area contributed by atoms with Crippen LogP contribution >= 0.6 is 0 Å². The summed E-state index contributed by atoms with van der Waals surface area (Å²) in [6.07, 6.45) is 1.60. The third kappa shape index (κ3) is 2.47. The molecule has 2 radical (unpaired) electrons.